The van der Waals surface area contributed by atoms with Gasteiger partial charge in [0, 0.05) is 17.5 Å². The fourth-order valence-corrected chi connectivity index (χ4v) is 3.18. The van der Waals surface area contributed by atoms with Gasteiger partial charge in [-0.2, -0.15) is 9.89 Å². The van der Waals surface area contributed by atoms with Crippen LogP contribution in [-0.4, -0.2) is 30.5 Å². The van der Waals surface area contributed by atoms with Crippen molar-refractivity contribution < 1.29 is 27.4 Å². The number of halogens is 3. The van der Waals surface area contributed by atoms with Gasteiger partial charge in [0.05, 0.1) is 31.8 Å². The van der Waals surface area contributed by atoms with Crippen LogP contribution in [0.5, 0.6) is 17.2 Å². The molecule has 1 aliphatic rings. The van der Waals surface area contributed by atoms with E-state index in [0.29, 0.717) is 23.6 Å². The molecule has 0 unspecified atom stereocenters. The van der Waals surface area contributed by atoms with E-state index >= 15 is 0 Å². The Morgan fingerprint density at radius 2 is 1.68 bits per heavy atom. The number of alkyl halides is 3. The van der Waals surface area contributed by atoms with Crippen molar-refractivity contribution in [2.75, 3.05) is 19.6 Å². The molecule has 0 saturated heterocycles. The van der Waals surface area contributed by atoms with Gasteiger partial charge in [-0.05, 0) is 42.0 Å². The third-order valence-electron chi connectivity index (χ3n) is 4.37. The number of nitrogens with one attached hydrogen (secondary N) is 1. The van der Waals surface area contributed by atoms with E-state index < -0.39 is 6.36 Å². The van der Waals surface area contributed by atoms with Crippen molar-refractivity contribution in [3.63, 3.8) is 0 Å². The Labute approximate surface area is 158 Å². The largest absolute Gasteiger partial charge is 0.573 e. The molecule has 0 aliphatic heterocycles. The van der Waals surface area contributed by atoms with E-state index in [1.54, 1.807) is 14.2 Å². The van der Waals surface area contributed by atoms with E-state index in [1.807, 2.05) is 18.3 Å². The summed E-state index contributed by atoms with van der Waals surface area (Å²) in [5, 5.41) is 4.54. The molecular formula is C19H16F3N3O3. The molecule has 1 aliphatic carbocycles. The minimum atomic E-state index is -4.71. The van der Waals surface area contributed by atoms with Crippen LogP contribution in [0.4, 0.5) is 18.9 Å². The van der Waals surface area contributed by atoms with Crippen LogP contribution < -0.4 is 19.6 Å². The molecule has 1 heterocycles. The van der Waals surface area contributed by atoms with Gasteiger partial charge in [0.1, 0.15) is 5.75 Å². The van der Waals surface area contributed by atoms with Gasteiger partial charge in [-0.15, -0.1) is 13.2 Å². The van der Waals surface area contributed by atoms with Crippen LogP contribution in [0.25, 0.3) is 11.3 Å². The number of rotatable bonds is 5. The summed E-state index contributed by atoms with van der Waals surface area (Å²) in [6, 6.07) is 9.26. The molecule has 0 radical (unpaired) electrons. The predicted octanol–water partition coefficient (Wildman–Crippen LogP) is 4.25. The van der Waals surface area contributed by atoms with Crippen molar-refractivity contribution in [1.82, 2.24) is 9.89 Å². The summed E-state index contributed by atoms with van der Waals surface area (Å²) in [5.41, 5.74) is 7.49. The summed E-state index contributed by atoms with van der Waals surface area (Å²) in [6.45, 7) is 0. The second-order valence-electron chi connectivity index (χ2n) is 6.17. The smallest absolute Gasteiger partial charge is 0.493 e. The first-order valence-corrected chi connectivity index (χ1v) is 8.33. The van der Waals surface area contributed by atoms with E-state index in [-0.39, 0.29) is 5.75 Å². The van der Waals surface area contributed by atoms with E-state index in [9.17, 15) is 13.2 Å². The number of fused-ring (bicyclic) bond motifs is 3. The van der Waals surface area contributed by atoms with Crippen molar-refractivity contribution >= 4 is 5.69 Å². The van der Waals surface area contributed by atoms with E-state index in [0.717, 1.165) is 22.4 Å². The molecule has 0 amide bonds. The number of nitrogens with zero attached hydrogens (tertiary/aromatic N) is 2. The zero-order valence-corrected chi connectivity index (χ0v) is 15.0. The maximum atomic E-state index is 12.2. The first-order valence-electron chi connectivity index (χ1n) is 8.33. The normalized spacial score (nSPS) is 12.3. The Balaban J connectivity index is 1.55. The van der Waals surface area contributed by atoms with Crippen molar-refractivity contribution in [2.24, 2.45) is 0 Å². The van der Waals surface area contributed by atoms with Gasteiger partial charge < -0.3 is 14.2 Å². The maximum absolute atomic E-state index is 12.2. The fraction of sp³-hybridized carbons (Fsp3) is 0.211. The van der Waals surface area contributed by atoms with Crippen LogP contribution in [-0.2, 0) is 6.42 Å². The number of benzene rings is 2. The molecule has 28 heavy (non-hydrogen) atoms. The van der Waals surface area contributed by atoms with Gasteiger partial charge in [-0.1, -0.05) is 0 Å². The van der Waals surface area contributed by atoms with E-state index in [4.69, 9.17) is 9.47 Å². The molecule has 6 nitrogen and oxygen atoms in total. The topological polar surface area (TPSA) is 57.5 Å². The third kappa shape index (κ3) is 3.42. The quantitative estimate of drug-likeness (QED) is 0.551. The van der Waals surface area contributed by atoms with Crippen LogP contribution in [0.15, 0.2) is 42.6 Å². The molecule has 1 aromatic heterocycles. The highest BCUT2D eigenvalue weighted by Crippen LogP contribution is 2.42. The van der Waals surface area contributed by atoms with Crippen molar-refractivity contribution in [2.45, 2.75) is 12.8 Å². The van der Waals surface area contributed by atoms with Crippen LogP contribution in [0, 0.1) is 0 Å². The molecule has 0 spiro atoms. The van der Waals surface area contributed by atoms with Gasteiger partial charge in [0.15, 0.2) is 11.5 Å². The summed E-state index contributed by atoms with van der Waals surface area (Å²) >= 11 is 0. The summed E-state index contributed by atoms with van der Waals surface area (Å²) in [4.78, 5) is 1.53. The first-order chi connectivity index (χ1) is 13.4. The fourth-order valence-electron chi connectivity index (χ4n) is 3.18. The number of anilines is 1. The average molecular weight is 391 g/mol. The minimum absolute atomic E-state index is 0.282. The predicted molar refractivity (Wildman–Crippen MR) is 95.7 cm³/mol. The van der Waals surface area contributed by atoms with Gasteiger partial charge in [0.2, 0.25) is 0 Å². The highest BCUT2D eigenvalue weighted by atomic mass is 19.4. The molecule has 0 fully saturated rings. The second kappa shape index (κ2) is 6.66. The van der Waals surface area contributed by atoms with Crippen molar-refractivity contribution in [3.05, 3.63) is 53.7 Å². The highest BCUT2D eigenvalue weighted by Gasteiger charge is 2.31. The highest BCUT2D eigenvalue weighted by molar-refractivity contribution is 5.76. The third-order valence-corrected chi connectivity index (χ3v) is 4.37. The lowest BCUT2D eigenvalue weighted by Crippen LogP contribution is -2.17. The summed E-state index contributed by atoms with van der Waals surface area (Å²) in [6.07, 6.45) is -2.17. The van der Waals surface area contributed by atoms with Gasteiger partial charge in [-0.25, -0.2) is 0 Å². The minimum Gasteiger partial charge on any atom is -0.493 e. The standard InChI is InChI=1S/C19H16F3N3O3/c1-26-16-8-11-7-12-10-25(24-18(12)15(11)9-17(16)27-2)23-13-3-5-14(6-4-13)28-19(20,21)22/h3-6,8-10,23H,7H2,1-2H3. The first kappa shape index (κ1) is 18.0. The molecule has 0 bridgehead atoms. The van der Waals surface area contributed by atoms with Crippen molar-refractivity contribution in [3.8, 4) is 28.5 Å². The molecule has 146 valence electrons. The molecule has 2 aromatic carbocycles. The van der Waals surface area contributed by atoms with Crippen LogP contribution in [0.2, 0.25) is 0 Å². The Bertz CT molecular complexity index is 1010. The van der Waals surface area contributed by atoms with E-state index in [1.165, 1.54) is 29.1 Å². The summed E-state index contributed by atoms with van der Waals surface area (Å²) < 4.78 is 51.3. The zero-order valence-electron chi connectivity index (χ0n) is 15.0. The van der Waals surface area contributed by atoms with Crippen molar-refractivity contribution in [1.29, 1.82) is 0 Å². The molecule has 4 rings (SSSR count). The lowest BCUT2D eigenvalue weighted by molar-refractivity contribution is -0.274. The zero-order chi connectivity index (χ0) is 19.9. The van der Waals surface area contributed by atoms with Crippen LogP contribution in [0.3, 0.4) is 0 Å². The summed E-state index contributed by atoms with van der Waals surface area (Å²) in [7, 11) is 3.17. The van der Waals surface area contributed by atoms with Gasteiger partial charge in [-0.3, -0.25) is 5.43 Å². The Kier molecular flexibility index (Phi) is 4.29. The number of aromatic nitrogens is 2. The van der Waals surface area contributed by atoms with E-state index in [2.05, 4.69) is 15.3 Å². The lowest BCUT2D eigenvalue weighted by Gasteiger charge is -2.11. The molecule has 0 atom stereocenters. The Hall–Kier alpha value is -3.36. The van der Waals surface area contributed by atoms with Gasteiger partial charge in [0.25, 0.3) is 0 Å². The monoisotopic (exact) mass is 391 g/mol. The molecule has 0 saturated carbocycles. The Morgan fingerprint density at radius 3 is 2.32 bits per heavy atom. The molecular weight excluding hydrogens is 375 g/mol. The SMILES string of the molecule is COc1cc2c(cc1OC)-c1nn(Nc3ccc(OC(F)(F)F)cc3)cc1C2. The van der Waals surface area contributed by atoms with Gasteiger partial charge >= 0.3 is 6.36 Å². The number of ether oxygens (including phenoxy) is 3. The summed E-state index contributed by atoms with van der Waals surface area (Å²) in [5.74, 6) is 1.01. The Morgan fingerprint density at radius 1 is 1.00 bits per heavy atom. The second-order valence-corrected chi connectivity index (χ2v) is 6.17. The maximum Gasteiger partial charge on any atom is 0.573 e. The average Bonchev–Trinajstić information content (AvgIpc) is 3.17. The molecule has 1 N–H and O–H groups in total. The number of methoxy groups -OCH3 is 2. The van der Waals surface area contributed by atoms with Crippen LogP contribution in [0.1, 0.15) is 11.1 Å². The lowest BCUT2D eigenvalue weighted by atomic mass is 10.1. The number of hydrogen-bond acceptors (Lipinski definition) is 5. The number of hydrogen-bond donors (Lipinski definition) is 1. The van der Waals surface area contributed by atoms with Crippen LogP contribution >= 0.6 is 0 Å². The molecule has 9 heteroatoms. The molecule has 3 aromatic rings.